The van der Waals surface area contributed by atoms with Gasteiger partial charge in [0.1, 0.15) is 10.0 Å². The van der Waals surface area contributed by atoms with E-state index in [0.29, 0.717) is 10.3 Å². The van der Waals surface area contributed by atoms with Crippen LogP contribution >= 0.6 is 35.5 Å². The Morgan fingerprint density at radius 1 is 1.41 bits per heavy atom. The predicted octanol–water partition coefficient (Wildman–Crippen LogP) is 2.62. The normalized spacial score (nSPS) is 17.6. The lowest BCUT2D eigenvalue weighted by Crippen LogP contribution is -2.30. The van der Waals surface area contributed by atoms with Gasteiger partial charge in [-0.15, -0.1) is 17.5 Å². The van der Waals surface area contributed by atoms with Crippen LogP contribution in [0.1, 0.15) is 17.7 Å². The first-order chi connectivity index (χ1) is 10.3. The molecule has 0 spiro atoms. The maximum Gasteiger partial charge on any atom is 0.138 e. The highest BCUT2D eigenvalue weighted by molar-refractivity contribution is 7.10. The van der Waals surface area contributed by atoms with Crippen molar-refractivity contribution >= 4 is 35.5 Å². The quantitative estimate of drug-likeness (QED) is 0.858. The van der Waals surface area contributed by atoms with E-state index in [4.69, 9.17) is 11.6 Å². The molecule has 0 saturated carbocycles. The van der Waals surface area contributed by atoms with Crippen LogP contribution in [0.4, 0.5) is 0 Å². The van der Waals surface area contributed by atoms with Gasteiger partial charge >= 0.3 is 0 Å². The monoisotopic (exact) mass is 359 g/mol. The van der Waals surface area contributed by atoms with Crippen LogP contribution in [0, 0.1) is 5.92 Å². The van der Waals surface area contributed by atoms with Crippen LogP contribution in [0.5, 0.6) is 0 Å². The summed E-state index contributed by atoms with van der Waals surface area (Å²) in [5.41, 5.74) is 2.08. The van der Waals surface area contributed by atoms with E-state index in [-0.39, 0.29) is 12.4 Å². The summed E-state index contributed by atoms with van der Waals surface area (Å²) >= 11 is 7.39. The molecule has 1 aliphatic heterocycles. The molecule has 120 valence electrons. The molecule has 0 aromatic carbocycles. The second-order valence-corrected chi connectivity index (χ2v) is 6.74. The Kier molecular flexibility index (Phi) is 6.98. The Balaban J connectivity index is 0.00000176. The molecule has 22 heavy (non-hydrogen) atoms. The molecule has 1 aliphatic rings. The number of hydrogen-bond acceptors (Lipinski definition) is 6. The van der Waals surface area contributed by atoms with E-state index in [2.05, 4.69) is 30.9 Å². The molecule has 1 atom stereocenters. The highest BCUT2D eigenvalue weighted by Crippen LogP contribution is 2.21. The second-order valence-electron chi connectivity index (χ2n) is 5.38. The molecule has 3 rings (SSSR count). The van der Waals surface area contributed by atoms with E-state index < -0.39 is 0 Å². The van der Waals surface area contributed by atoms with E-state index in [0.717, 1.165) is 38.4 Å². The minimum Gasteiger partial charge on any atom is -0.316 e. The summed E-state index contributed by atoms with van der Waals surface area (Å²) in [4.78, 5) is 6.58. The van der Waals surface area contributed by atoms with Gasteiger partial charge in [0.25, 0.3) is 0 Å². The first-order valence-electron chi connectivity index (χ1n) is 7.10. The third kappa shape index (κ3) is 4.86. The van der Waals surface area contributed by atoms with Gasteiger partial charge in [-0.25, -0.2) is 0 Å². The molecule has 2 aromatic heterocycles. The van der Waals surface area contributed by atoms with E-state index >= 15 is 0 Å². The lowest BCUT2D eigenvalue weighted by Gasteiger charge is -2.24. The van der Waals surface area contributed by atoms with Crippen molar-refractivity contribution in [2.75, 3.05) is 19.6 Å². The van der Waals surface area contributed by atoms with E-state index in [1.165, 1.54) is 23.5 Å². The molecular weight excluding hydrogens is 341 g/mol. The summed E-state index contributed by atoms with van der Waals surface area (Å²) in [6.07, 6.45) is 4.95. The molecule has 1 N–H and O–H groups in total. The molecule has 2 aromatic rings. The molecule has 0 amide bonds. The largest absolute Gasteiger partial charge is 0.316 e. The summed E-state index contributed by atoms with van der Waals surface area (Å²) < 4.78 is 4.61. The zero-order chi connectivity index (χ0) is 14.5. The Labute approximate surface area is 145 Å². The standard InChI is InChI=1S/C14H18ClN5S.ClH/c15-14-13(18-19-21-14)10-20(9-12-3-5-17-7-12)8-11-2-1-4-16-6-11;/h1-2,4,6,12,17H,3,5,7-10H2;1H. The molecular formula is C14H19Cl2N5S. The van der Waals surface area contributed by atoms with Gasteiger partial charge in [-0.05, 0) is 37.1 Å². The van der Waals surface area contributed by atoms with Gasteiger partial charge in [0, 0.05) is 43.6 Å². The molecule has 1 saturated heterocycles. The van der Waals surface area contributed by atoms with Gasteiger partial charge in [0.05, 0.1) is 0 Å². The fourth-order valence-electron chi connectivity index (χ4n) is 2.67. The van der Waals surface area contributed by atoms with Gasteiger partial charge in [0.2, 0.25) is 0 Å². The number of hydrogen-bond donors (Lipinski definition) is 1. The van der Waals surface area contributed by atoms with Gasteiger partial charge in [-0.1, -0.05) is 22.2 Å². The molecule has 3 heterocycles. The molecule has 0 bridgehead atoms. The zero-order valence-corrected chi connectivity index (χ0v) is 14.5. The number of halogens is 2. The second kappa shape index (κ2) is 8.74. The smallest absolute Gasteiger partial charge is 0.138 e. The highest BCUT2D eigenvalue weighted by atomic mass is 35.5. The summed E-state index contributed by atoms with van der Waals surface area (Å²) in [7, 11) is 0. The predicted molar refractivity (Wildman–Crippen MR) is 91.5 cm³/mol. The maximum atomic E-state index is 6.15. The number of aromatic nitrogens is 3. The van der Waals surface area contributed by atoms with Gasteiger partial charge in [-0.2, -0.15) is 0 Å². The summed E-state index contributed by atoms with van der Waals surface area (Å²) in [6.45, 7) is 4.84. The Hall–Kier alpha value is -0.790. The summed E-state index contributed by atoms with van der Waals surface area (Å²) in [6, 6.07) is 4.08. The van der Waals surface area contributed by atoms with Crippen LogP contribution in [0.3, 0.4) is 0 Å². The molecule has 0 radical (unpaired) electrons. The van der Waals surface area contributed by atoms with Crippen molar-refractivity contribution in [2.45, 2.75) is 19.5 Å². The molecule has 8 heteroatoms. The van der Waals surface area contributed by atoms with Crippen LogP contribution in [-0.4, -0.2) is 39.1 Å². The molecule has 1 fully saturated rings. The number of pyridine rings is 1. The summed E-state index contributed by atoms with van der Waals surface area (Å²) in [5.74, 6) is 0.687. The first-order valence-corrected chi connectivity index (χ1v) is 8.25. The Morgan fingerprint density at radius 3 is 2.95 bits per heavy atom. The van der Waals surface area contributed by atoms with Crippen molar-refractivity contribution in [3.8, 4) is 0 Å². The van der Waals surface area contributed by atoms with Crippen LogP contribution in [0.15, 0.2) is 24.5 Å². The fourth-order valence-corrected chi connectivity index (χ4v) is 3.29. The number of nitrogens with one attached hydrogen (secondary N) is 1. The summed E-state index contributed by atoms with van der Waals surface area (Å²) in [5, 5.41) is 7.56. The van der Waals surface area contributed by atoms with Gasteiger partial charge in [-0.3, -0.25) is 9.88 Å². The minimum atomic E-state index is 0. The lowest BCUT2D eigenvalue weighted by molar-refractivity contribution is 0.218. The Morgan fingerprint density at radius 2 is 2.32 bits per heavy atom. The Bertz CT molecular complexity index is 559. The zero-order valence-electron chi connectivity index (χ0n) is 12.1. The average Bonchev–Trinajstić information content (AvgIpc) is 3.13. The third-order valence-electron chi connectivity index (χ3n) is 3.69. The van der Waals surface area contributed by atoms with E-state index in [1.54, 1.807) is 6.20 Å². The molecule has 0 aliphatic carbocycles. The van der Waals surface area contributed by atoms with E-state index in [9.17, 15) is 0 Å². The van der Waals surface area contributed by atoms with Crippen molar-refractivity contribution in [1.29, 1.82) is 0 Å². The topological polar surface area (TPSA) is 53.9 Å². The van der Waals surface area contributed by atoms with Crippen molar-refractivity contribution in [3.63, 3.8) is 0 Å². The number of rotatable bonds is 6. The lowest BCUT2D eigenvalue weighted by atomic mass is 10.1. The van der Waals surface area contributed by atoms with Crippen LogP contribution in [0.25, 0.3) is 0 Å². The highest BCUT2D eigenvalue weighted by Gasteiger charge is 2.20. The average molecular weight is 360 g/mol. The first kappa shape index (κ1) is 17.6. The van der Waals surface area contributed by atoms with Crippen molar-refractivity contribution < 1.29 is 0 Å². The van der Waals surface area contributed by atoms with Crippen LogP contribution in [0.2, 0.25) is 4.34 Å². The van der Waals surface area contributed by atoms with Gasteiger partial charge < -0.3 is 5.32 Å². The maximum absolute atomic E-state index is 6.15. The molecule has 1 unspecified atom stereocenters. The third-order valence-corrected chi connectivity index (χ3v) is 4.67. The van der Waals surface area contributed by atoms with Crippen molar-refractivity contribution in [2.24, 2.45) is 5.92 Å². The van der Waals surface area contributed by atoms with Crippen LogP contribution in [-0.2, 0) is 13.1 Å². The van der Waals surface area contributed by atoms with Crippen LogP contribution < -0.4 is 5.32 Å². The minimum absolute atomic E-state index is 0. The molecule has 5 nitrogen and oxygen atoms in total. The SMILES string of the molecule is Cl.Clc1snnc1CN(Cc1cccnc1)CC1CCNC1. The van der Waals surface area contributed by atoms with E-state index in [1.807, 2.05) is 12.3 Å². The van der Waals surface area contributed by atoms with Gasteiger partial charge in [0.15, 0.2) is 0 Å². The van der Waals surface area contributed by atoms with Crippen molar-refractivity contribution in [1.82, 2.24) is 24.8 Å². The van der Waals surface area contributed by atoms with Crippen molar-refractivity contribution in [3.05, 3.63) is 40.1 Å². The fraction of sp³-hybridized carbons (Fsp3) is 0.500. The number of nitrogens with zero attached hydrogens (tertiary/aromatic N) is 4.